The van der Waals surface area contributed by atoms with E-state index in [2.05, 4.69) is 15.3 Å². The minimum atomic E-state index is -3.69. The first kappa shape index (κ1) is 16.3. The van der Waals surface area contributed by atoms with E-state index in [0.29, 0.717) is 0 Å². The van der Waals surface area contributed by atoms with E-state index in [1.807, 2.05) is 0 Å². The Morgan fingerprint density at radius 1 is 1.36 bits per heavy atom. The number of hydrogen-bond acceptors (Lipinski definition) is 5. The van der Waals surface area contributed by atoms with Gasteiger partial charge in [-0.15, -0.1) is 0 Å². The van der Waals surface area contributed by atoms with Crippen LogP contribution in [0, 0.1) is 5.82 Å². The first-order valence-electron chi connectivity index (χ1n) is 6.16. The molecule has 9 heteroatoms. The summed E-state index contributed by atoms with van der Waals surface area (Å²) < 4.78 is 37.0. The van der Waals surface area contributed by atoms with Crippen molar-refractivity contribution in [1.82, 2.24) is 9.97 Å². The monoisotopic (exact) mass is 343 g/mol. The second-order valence-corrected chi connectivity index (χ2v) is 6.77. The highest BCUT2D eigenvalue weighted by atomic mass is 35.5. The number of para-hydroxylation sites is 1. The standard InChI is InChI=1S/C13H11ClFN3O3S/c1-2-22(20,21)13-16-7-8(14)11(18-13)12(19)17-10-6-4-3-5-9(10)15/h3-7H,2H2,1H3,(H,17,19). The Labute approximate surface area is 131 Å². The van der Waals surface area contributed by atoms with E-state index in [1.165, 1.54) is 31.2 Å². The predicted octanol–water partition coefficient (Wildman–Crippen LogP) is 2.32. The minimum absolute atomic E-state index is 0.0675. The molecule has 0 fully saturated rings. The smallest absolute Gasteiger partial charge is 0.276 e. The molecule has 0 radical (unpaired) electrons. The molecule has 1 aromatic heterocycles. The summed E-state index contributed by atoms with van der Waals surface area (Å²) in [5.41, 5.74) is -0.408. The Bertz CT molecular complexity index is 827. The van der Waals surface area contributed by atoms with Crippen LogP contribution in [0.1, 0.15) is 17.4 Å². The second-order valence-electron chi connectivity index (χ2n) is 4.19. The van der Waals surface area contributed by atoms with Crippen molar-refractivity contribution in [3.05, 3.63) is 47.0 Å². The van der Waals surface area contributed by atoms with Crippen LogP contribution in [0.3, 0.4) is 0 Å². The number of aromatic nitrogens is 2. The molecule has 0 bridgehead atoms. The summed E-state index contributed by atoms with van der Waals surface area (Å²) >= 11 is 5.82. The Balaban J connectivity index is 2.38. The van der Waals surface area contributed by atoms with Crippen molar-refractivity contribution in [2.24, 2.45) is 0 Å². The van der Waals surface area contributed by atoms with Gasteiger partial charge in [0.05, 0.1) is 22.7 Å². The fraction of sp³-hybridized carbons (Fsp3) is 0.154. The first-order chi connectivity index (χ1) is 10.3. The van der Waals surface area contributed by atoms with Gasteiger partial charge in [0, 0.05) is 0 Å². The van der Waals surface area contributed by atoms with Gasteiger partial charge in [-0.1, -0.05) is 30.7 Å². The molecule has 6 nitrogen and oxygen atoms in total. The summed E-state index contributed by atoms with van der Waals surface area (Å²) in [6.07, 6.45) is 1.02. The quantitative estimate of drug-likeness (QED) is 0.860. The molecule has 1 heterocycles. The van der Waals surface area contributed by atoms with Gasteiger partial charge in [0.25, 0.3) is 5.91 Å². The lowest BCUT2D eigenvalue weighted by Gasteiger charge is -2.08. The van der Waals surface area contributed by atoms with Crippen molar-refractivity contribution in [2.45, 2.75) is 12.1 Å². The van der Waals surface area contributed by atoms with Gasteiger partial charge in [0.1, 0.15) is 5.82 Å². The van der Waals surface area contributed by atoms with Crippen molar-refractivity contribution < 1.29 is 17.6 Å². The zero-order chi connectivity index (χ0) is 16.3. The number of carbonyl (C=O) groups excluding carboxylic acids is 1. The maximum atomic E-state index is 13.5. The lowest BCUT2D eigenvalue weighted by molar-refractivity contribution is 0.102. The van der Waals surface area contributed by atoms with Crippen LogP contribution in [0.15, 0.2) is 35.6 Å². The zero-order valence-corrected chi connectivity index (χ0v) is 12.9. The molecule has 1 amide bonds. The van der Waals surface area contributed by atoms with Gasteiger partial charge in [-0.25, -0.2) is 22.8 Å². The van der Waals surface area contributed by atoms with Crippen LogP contribution in [0.2, 0.25) is 5.02 Å². The van der Waals surface area contributed by atoms with Crippen LogP contribution in [0.25, 0.3) is 0 Å². The highest BCUT2D eigenvalue weighted by Crippen LogP contribution is 2.18. The molecule has 0 spiro atoms. The zero-order valence-electron chi connectivity index (χ0n) is 11.4. The first-order valence-corrected chi connectivity index (χ1v) is 8.19. The number of anilines is 1. The molecule has 0 saturated carbocycles. The third-order valence-electron chi connectivity index (χ3n) is 2.72. The maximum absolute atomic E-state index is 13.5. The predicted molar refractivity (Wildman–Crippen MR) is 79.1 cm³/mol. The highest BCUT2D eigenvalue weighted by molar-refractivity contribution is 7.91. The molecule has 1 N–H and O–H groups in total. The summed E-state index contributed by atoms with van der Waals surface area (Å²) in [4.78, 5) is 19.4. The van der Waals surface area contributed by atoms with E-state index in [0.717, 1.165) is 6.20 Å². The SMILES string of the molecule is CCS(=O)(=O)c1ncc(Cl)c(C(=O)Nc2ccccc2F)n1. The van der Waals surface area contributed by atoms with Crippen LogP contribution in [0.5, 0.6) is 0 Å². The highest BCUT2D eigenvalue weighted by Gasteiger charge is 2.21. The third kappa shape index (κ3) is 3.40. The van der Waals surface area contributed by atoms with E-state index < -0.39 is 26.7 Å². The van der Waals surface area contributed by atoms with Crippen molar-refractivity contribution in [2.75, 3.05) is 11.1 Å². The molecule has 0 atom stereocenters. The summed E-state index contributed by atoms with van der Waals surface area (Å²) in [5.74, 6) is -1.68. The molecular weight excluding hydrogens is 333 g/mol. The molecule has 1 aromatic carbocycles. The number of nitrogens with one attached hydrogen (secondary N) is 1. The molecular formula is C13H11ClFN3O3S. The molecule has 0 aliphatic carbocycles. The lowest BCUT2D eigenvalue weighted by atomic mass is 10.3. The van der Waals surface area contributed by atoms with Gasteiger partial charge in [0.2, 0.25) is 15.0 Å². The number of nitrogens with zero attached hydrogens (tertiary/aromatic N) is 2. The topological polar surface area (TPSA) is 89.0 Å². The Morgan fingerprint density at radius 3 is 2.68 bits per heavy atom. The lowest BCUT2D eigenvalue weighted by Crippen LogP contribution is -2.18. The molecule has 0 aliphatic rings. The number of halogens is 2. The third-order valence-corrected chi connectivity index (χ3v) is 4.51. The van der Waals surface area contributed by atoms with Gasteiger partial charge in [-0.3, -0.25) is 4.79 Å². The normalized spacial score (nSPS) is 11.2. The number of sulfone groups is 1. The fourth-order valence-corrected chi connectivity index (χ4v) is 2.41. The number of hydrogen-bond donors (Lipinski definition) is 1. The molecule has 2 rings (SSSR count). The van der Waals surface area contributed by atoms with Gasteiger partial charge in [0.15, 0.2) is 5.69 Å². The molecule has 22 heavy (non-hydrogen) atoms. The number of rotatable bonds is 4. The summed E-state index contributed by atoms with van der Waals surface area (Å²) in [6, 6.07) is 5.53. The van der Waals surface area contributed by atoms with Gasteiger partial charge in [-0.2, -0.15) is 0 Å². The summed E-state index contributed by atoms with van der Waals surface area (Å²) in [5, 5.41) is 1.64. The van der Waals surface area contributed by atoms with Crippen LogP contribution < -0.4 is 5.32 Å². The molecule has 0 aliphatic heterocycles. The van der Waals surface area contributed by atoms with Crippen molar-refractivity contribution in [3.8, 4) is 0 Å². The maximum Gasteiger partial charge on any atom is 0.276 e. The van der Waals surface area contributed by atoms with Gasteiger partial charge in [-0.05, 0) is 12.1 Å². The molecule has 2 aromatic rings. The molecule has 0 unspecified atom stereocenters. The van der Waals surface area contributed by atoms with Crippen LogP contribution in [-0.2, 0) is 9.84 Å². The van der Waals surface area contributed by atoms with Crippen LogP contribution >= 0.6 is 11.6 Å². The molecule has 0 saturated heterocycles. The Kier molecular flexibility index (Phi) is 4.72. The van der Waals surface area contributed by atoms with Crippen molar-refractivity contribution in [3.63, 3.8) is 0 Å². The van der Waals surface area contributed by atoms with Crippen LogP contribution in [-0.4, -0.2) is 30.0 Å². The van der Waals surface area contributed by atoms with Crippen LogP contribution in [0.4, 0.5) is 10.1 Å². The van der Waals surface area contributed by atoms with Crippen molar-refractivity contribution in [1.29, 1.82) is 0 Å². The van der Waals surface area contributed by atoms with E-state index in [-0.39, 0.29) is 22.2 Å². The van der Waals surface area contributed by atoms with Gasteiger partial charge >= 0.3 is 0 Å². The van der Waals surface area contributed by atoms with E-state index in [9.17, 15) is 17.6 Å². The number of amides is 1. The molecule has 116 valence electrons. The second kappa shape index (κ2) is 6.37. The number of benzene rings is 1. The minimum Gasteiger partial charge on any atom is -0.318 e. The fourth-order valence-electron chi connectivity index (χ4n) is 1.53. The Morgan fingerprint density at radius 2 is 2.05 bits per heavy atom. The largest absolute Gasteiger partial charge is 0.318 e. The average Bonchev–Trinajstić information content (AvgIpc) is 2.49. The average molecular weight is 344 g/mol. The van der Waals surface area contributed by atoms with Gasteiger partial charge < -0.3 is 5.32 Å². The Hall–Kier alpha value is -2.06. The van der Waals surface area contributed by atoms with E-state index in [4.69, 9.17) is 11.6 Å². The summed E-state index contributed by atoms with van der Waals surface area (Å²) in [7, 11) is -3.69. The summed E-state index contributed by atoms with van der Waals surface area (Å²) in [6.45, 7) is 1.42. The van der Waals surface area contributed by atoms with Crippen molar-refractivity contribution >= 4 is 33.0 Å². The van der Waals surface area contributed by atoms with E-state index >= 15 is 0 Å². The van der Waals surface area contributed by atoms with E-state index in [1.54, 1.807) is 0 Å². The number of carbonyl (C=O) groups is 1.